The number of rotatable bonds is 7. The number of benzene rings is 1. The molecule has 0 unspecified atom stereocenters. The van der Waals surface area contributed by atoms with Gasteiger partial charge in [-0.25, -0.2) is 4.98 Å². The number of carbonyl (C=O) groups is 2. The number of nitrogens with one attached hydrogen (secondary N) is 2. The minimum atomic E-state index is -0.774. The highest BCUT2D eigenvalue weighted by molar-refractivity contribution is 8.11. The predicted octanol–water partition coefficient (Wildman–Crippen LogP) is 1.61. The molecule has 0 aliphatic carbocycles. The highest BCUT2D eigenvalue weighted by Gasteiger charge is 2.14. The molecule has 11 heteroatoms. The van der Waals surface area contributed by atoms with Gasteiger partial charge in [-0.2, -0.15) is 5.26 Å². The number of nitrogens with two attached hydrogens (primary N) is 1. The Morgan fingerprint density at radius 1 is 1.34 bits per heavy atom. The van der Waals surface area contributed by atoms with Crippen LogP contribution in [0.3, 0.4) is 0 Å². The van der Waals surface area contributed by atoms with E-state index in [0.717, 1.165) is 0 Å². The van der Waals surface area contributed by atoms with Crippen LogP contribution in [0.5, 0.6) is 17.2 Å². The number of aliphatic hydroxyl groups excluding tert-OH is 1. The van der Waals surface area contributed by atoms with Crippen LogP contribution in [-0.4, -0.2) is 39.7 Å². The third kappa shape index (κ3) is 6.28. The van der Waals surface area contributed by atoms with E-state index < -0.39 is 17.8 Å². The molecular formula is C18H17N5O5S. The number of pyridine rings is 1. The first-order valence-corrected chi connectivity index (χ1v) is 9.01. The van der Waals surface area contributed by atoms with E-state index in [0.29, 0.717) is 11.9 Å². The third-order valence-electron chi connectivity index (χ3n) is 3.39. The molecule has 10 nitrogen and oxygen atoms in total. The number of hydrogen-bond acceptors (Lipinski definition) is 10. The second kappa shape index (κ2) is 10.2. The first-order chi connectivity index (χ1) is 13.9. The molecule has 0 aliphatic heterocycles. The van der Waals surface area contributed by atoms with Crippen molar-refractivity contribution in [3.05, 3.63) is 47.8 Å². The molecule has 0 radical (unpaired) electrons. The summed E-state index contributed by atoms with van der Waals surface area (Å²) in [5, 5.41) is 32.6. The zero-order chi connectivity index (χ0) is 21.4. The molecule has 0 saturated carbocycles. The average molecular weight is 415 g/mol. The molecular weight excluding hydrogens is 398 g/mol. The molecule has 1 heterocycles. The molecule has 1 amide bonds. The van der Waals surface area contributed by atoms with Gasteiger partial charge in [0.2, 0.25) is 0 Å². The van der Waals surface area contributed by atoms with E-state index in [1.807, 2.05) is 0 Å². The van der Waals surface area contributed by atoms with Crippen LogP contribution >= 0.6 is 11.9 Å². The van der Waals surface area contributed by atoms with Crippen molar-refractivity contribution >= 4 is 28.8 Å². The Labute approximate surface area is 170 Å². The molecule has 2 aromatic rings. The summed E-state index contributed by atoms with van der Waals surface area (Å²) in [6.07, 6.45) is 0.728. The average Bonchev–Trinajstić information content (AvgIpc) is 2.73. The molecule has 0 spiro atoms. The second-order valence-corrected chi connectivity index (χ2v) is 6.27. The van der Waals surface area contributed by atoms with E-state index in [4.69, 9.17) is 25.3 Å². The van der Waals surface area contributed by atoms with Gasteiger partial charge in [0, 0.05) is 11.6 Å². The summed E-state index contributed by atoms with van der Waals surface area (Å²) in [6.45, 7) is 1.41. The van der Waals surface area contributed by atoms with Gasteiger partial charge < -0.3 is 19.9 Å². The van der Waals surface area contributed by atoms with Gasteiger partial charge in [0.05, 0.1) is 12.8 Å². The number of amides is 1. The van der Waals surface area contributed by atoms with Crippen LogP contribution in [0.2, 0.25) is 0 Å². The summed E-state index contributed by atoms with van der Waals surface area (Å²) in [4.78, 5) is 27.5. The molecule has 1 aromatic heterocycles. The zero-order valence-corrected chi connectivity index (χ0v) is 16.0. The summed E-state index contributed by atoms with van der Waals surface area (Å²) in [7, 11) is 0. The number of nitriles is 1. The van der Waals surface area contributed by atoms with Gasteiger partial charge in [0.25, 0.3) is 11.7 Å². The van der Waals surface area contributed by atoms with Gasteiger partial charge in [0.1, 0.15) is 35.1 Å². The highest BCUT2D eigenvalue weighted by Crippen LogP contribution is 2.28. The quantitative estimate of drug-likeness (QED) is 0.172. The smallest absolute Gasteiger partial charge is 0.280 e. The molecule has 0 fully saturated rings. The van der Waals surface area contributed by atoms with Gasteiger partial charge in [-0.05, 0) is 43.1 Å². The number of aliphatic hydroxyl groups is 1. The summed E-state index contributed by atoms with van der Waals surface area (Å²) < 4.78 is 11.2. The van der Waals surface area contributed by atoms with Crippen LogP contribution < -0.4 is 19.9 Å². The lowest BCUT2D eigenvalue weighted by Gasteiger charge is -2.15. The van der Waals surface area contributed by atoms with Crippen molar-refractivity contribution < 1.29 is 24.2 Å². The topological polar surface area (TPSA) is 171 Å². The maximum atomic E-state index is 12.3. The maximum Gasteiger partial charge on any atom is 0.280 e. The molecule has 0 bridgehead atoms. The second-order valence-electron chi connectivity index (χ2n) is 5.63. The van der Waals surface area contributed by atoms with Gasteiger partial charge in [-0.3, -0.25) is 20.1 Å². The fourth-order valence-corrected chi connectivity index (χ4v) is 2.22. The lowest BCUT2D eigenvalue weighted by Crippen LogP contribution is -2.28. The standard InChI is InChI=1S/C18H17N5O5S/c1-10(9-24)27-13-4-11(17(26)23-18(20)29-21)5-14(6-13)28-12-2-3-15(22-8-12)16(25)7-19/h2-6,8,10,24H,9,21H2,1H3,(H2,20,23,26)/t10-/m0/s1. The van der Waals surface area contributed by atoms with Crippen molar-refractivity contribution in [3.63, 3.8) is 0 Å². The van der Waals surface area contributed by atoms with E-state index >= 15 is 0 Å². The number of amidine groups is 1. The fourth-order valence-electron chi connectivity index (χ4n) is 2.07. The van der Waals surface area contributed by atoms with E-state index in [1.54, 1.807) is 6.92 Å². The number of aromatic nitrogens is 1. The Balaban J connectivity index is 2.31. The summed E-state index contributed by atoms with van der Waals surface area (Å²) in [5.41, 5.74) is 0.109. The SMILES string of the molecule is C[C@@H](CO)Oc1cc(Oc2ccc(C(=O)C#N)nc2)cc(C(=O)NC(=N)SN)c1. The monoisotopic (exact) mass is 415 g/mol. The van der Waals surface area contributed by atoms with Crippen LogP contribution in [0.4, 0.5) is 0 Å². The van der Waals surface area contributed by atoms with Crippen LogP contribution in [-0.2, 0) is 0 Å². The number of ketones is 1. The predicted molar refractivity (Wildman–Crippen MR) is 105 cm³/mol. The van der Waals surface area contributed by atoms with Crippen LogP contribution in [0.1, 0.15) is 27.8 Å². The van der Waals surface area contributed by atoms with Gasteiger partial charge >= 0.3 is 0 Å². The minimum absolute atomic E-state index is 0.0217. The Morgan fingerprint density at radius 2 is 2.07 bits per heavy atom. The first kappa shape index (κ1) is 21.8. The van der Waals surface area contributed by atoms with Crippen molar-refractivity contribution in [1.29, 1.82) is 10.7 Å². The van der Waals surface area contributed by atoms with Crippen LogP contribution in [0, 0.1) is 16.7 Å². The van der Waals surface area contributed by atoms with Gasteiger partial charge in [-0.1, -0.05) is 0 Å². The van der Waals surface area contributed by atoms with Gasteiger partial charge in [0.15, 0.2) is 5.17 Å². The Kier molecular flexibility index (Phi) is 7.67. The van der Waals surface area contributed by atoms with Crippen molar-refractivity contribution in [3.8, 4) is 23.3 Å². The lowest BCUT2D eigenvalue weighted by molar-refractivity contribution is 0.0974. The normalized spacial score (nSPS) is 11.1. The van der Waals surface area contributed by atoms with E-state index in [1.165, 1.54) is 42.6 Å². The van der Waals surface area contributed by atoms with Crippen molar-refractivity contribution in [2.75, 3.05) is 6.61 Å². The lowest BCUT2D eigenvalue weighted by atomic mass is 10.2. The number of carbonyl (C=O) groups excluding carboxylic acids is 2. The number of nitrogens with zero attached hydrogens (tertiary/aromatic N) is 2. The molecule has 0 saturated heterocycles. The maximum absolute atomic E-state index is 12.3. The number of ether oxygens (including phenoxy) is 2. The largest absolute Gasteiger partial charge is 0.488 e. The molecule has 5 N–H and O–H groups in total. The summed E-state index contributed by atoms with van der Waals surface area (Å²) in [6, 6.07) is 8.59. The van der Waals surface area contributed by atoms with Gasteiger partial charge in [-0.15, -0.1) is 0 Å². The number of hydrogen-bond donors (Lipinski definition) is 4. The van der Waals surface area contributed by atoms with Crippen molar-refractivity contribution in [2.45, 2.75) is 13.0 Å². The minimum Gasteiger partial charge on any atom is -0.488 e. The Morgan fingerprint density at radius 3 is 2.66 bits per heavy atom. The summed E-state index contributed by atoms with van der Waals surface area (Å²) >= 11 is 0.576. The van der Waals surface area contributed by atoms with Crippen LogP contribution in [0.15, 0.2) is 36.5 Å². The zero-order valence-electron chi connectivity index (χ0n) is 15.2. The molecule has 0 aliphatic rings. The van der Waals surface area contributed by atoms with Crippen molar-refractivity contribution in [2.24, 2.45) is 5.14 Å². The first-order valence-electron chi connectivity index (χ1n) is 8.13. The Bertz CT molecular complexity index is 958. The van der Waals surface area contributed by atoms with Crippen LogP contribution in [0.25, 0.3) is 0 Å². The van der Waals surface area contributed by atoms with E-state index in [9.17, 15) is 14.7 Å². The highest BCUT2D eigenvalue weighted by atomic mass is 32.2. The third-order valence-corrected chi connectivity index (χ3v) is 3.73. The fraction of sp³-hybridized carbons (Fsp3) is 0.167. The number of Topliss-reactive ketones (excluding diaryl/α,β-unsaturated/α-hetero) is 1. The molecule has 1 aromatic carbocycles. The Hall–Kier alpha value is -3.46. The molecule has 2 rings (SSSR count). The van der Waals surface area contributed by atoms with E-state index in [-0.39, 0.29) is 40.3 Å². The van der Waals surface area contributed by atoms with Crippen molar-refractivity contribution in [1.82, 2.24) is 10.3 Å². The van der Waals surface area contributed by atoms with E-state index in [2.05, 4.69) is 10.3 Å². The molecule has 150 valence electrons. The molecule has 1 atom stereocenters. The molecule has 29 heavy (non-hydrogen) atoms. The summed E-state index contributed by atoms with van der Waals surface area (Å²) in [5.74, 6) is -0.656.